The summed E-state index contributed by atoms with van der Waals surface area (Å²) in [5.74, 6) is 1.42. The lowest BCUT2D eigenvalue weighted by atomic mass is 10.1. The highest BCUT2D eigenvalue weighted by Gasteiger charge is 2.15. The van der Waals surface area contributed by atoms with E-state index in [0.29, 0.717) is 18.0 Å². The Kier molecular flexibility index (Phi) is 4.92. The number of primary sulfonamides is 1. The fourth-order valence-corrected chi connectivity index (χ4v) is 3.96. The third-order valence-corrected chi connectivity index (χ3v) is 5.72. The summed E-state index contributed by atoms with van der Waals surface area (Å²) in [6, 6.07) is 19.7. The van der Waals surface area contributed by atoms with Gasteiger partial charge in [0.05, 0.1) is 15.9 Å². The molecule has 8 heteroatoms. The molecule has 0 saturated heterocycles. The largest absolute Gasteiger partial charge is 0.486 e. The van der Waals surface area contributed by atoms with E-state index in [1.54, 1.807) is 18.2 Å². The summed E-state index contributed by atoms with van der Waals surface area (Å²) in [4.78, 5) is 7.83. The van der Waals surface area contributed by atoms with Gasteiger partial charge in [-0.1, -0.05) is 40.2 Å². The Morgan fingerprint density at radius 1 is 1.04 bits per heavy atom. The van der Waals surface area contributed by atoms with E-state index in [9.17, 15) is 8.42 Å². The number of aromatic amines is 1. The number of imidazole rings is 1. The van der Waals surface area contributed by atoms with E-state index in [4.69, 9.17) is 9.88 Å². The van der Waals surface area contributed by atoms with E-state index in [1.165, 1.54) is 6.07 Å². The van der Waals surface area contributed by atoms with Crippen molar-refractivity contribution in [2.45, 2.75) is 11.5 Å². The van der Waals surface area contributed by atoms with Gasteiger partial charge in [-0.25, -0.2) is 18.5 Å². The van der Waals surface area contributed by atoms with Crippen molar-refractivity contribution in [3.63, 3.8) is 0 Å². The van der Waals surface area contributed by atoms with Gasteiger partial charge in [0.1, 0.15) is 18.2 Å². The number of fused-ring (bicyclic) bond motifs is 1. The van der Waals surface area contributed by atoms with Gasteiger partial charge < -0.3 is 9.72 Å². The zero-order valence-electron chi connectivity index (χ0n) is 14.6. The van der Waals surface area contributed by atoms with Crippen molar-refractivity contribution in [1.29, 1.82) is 0 Å². The first-order valence-electron chi connectivity index (χ1n) is 8.39. The molecule has 0 saturated carbocycles. The number of sulfonamides is 1. The van der Waals surface area contributed by atoms with Gasteiger partial charge in [0.2, 0.25) is 10.0 Å². The molecule has 0 unspecified atom stereocenters. The number of halogens is 1. The van der Waals surface area contributed by atoms with Crippen LogP contribution in [0.2, 0.25) is 0 Å². The standard InChI is InChI=1S/C20H16BrN3O3S/c21-14-6-8-15(9-7-14)27-12-20-23-17-10-5-13(11-18(17)24-20)16-3-1-2-4-19(16)28(22,25)26/h1-11H,12H2,(H,23,24)(H2,22,25,26). The molecule has 0 aliphatic rings. The first-order chi connectivity index (χ1) is 13.4. The fraction of sp³-hybridized carbons (Fsp3) is 0.0500. The SMILES string of the molecule is NS(=O)(=O)c1ccccc1-c1ccc2nc(COc3ccc(Br)cc3)[nH]c2c1. The van der Waals surface area contributed by atoms with Crippen molar-refractivity contribution < 1.29 is 13.2 Å². The molecule has 6 nitrogen and oxygen atoms in total. The zero-order valence-corrected chi connectivity index (χ0v) is 17.0. The fourth-order valence-electron chi connectivity index (χ4n) is 2.93. The van der Waals surface area contributed by atoms with Crippen LogP contribution >= 0.6 is 15.9 Å². The number of rotatable bonds is 5. The van der Waals surface area contributed by atoms with Gasteiger partial charge in [0.25, 0.3) is 0 Å². The minimum atomic E-state index is -3.82. The van der Waals surface area contributed by atoms with Gasteiger partial charge in [0.15, 0.2) is 0 Å². The predicted octanol–water partition coefficient (Wildman–Crippen LogP) is 4.22. The van der Waals surface area contributed by atoms with Crippen LogP contribution in [-0.2, 0) is 16.6 Å². The summed E-state index contributed by atoms with van der Waals surface area (Å²) in [6.45, 7) is 0.291. The summed E-state index contributed by atoms with van der Waals surface area (Å²) in [6.07, 6.45) is 0. The van der Waals surface area contributed by atoms with Crippen LogP contribution in [0, 0.1) is 0 Å². The van der Waals surface area contributed by atoms with Crippen LogP contribution in [-0.4, -0.2) is 18.4 Å². The minimum Gasteiger partial charge on any atom is -0.486 e. The topological polar surface area (TPSA) is 98.1 Å². The molecule has 1 heterocycles. The second kappa shape index (κ2) is 7.38. The van der Waals surface area contributed by atoms with Crippen LogP contribution in [0.3, 0.4) is 0 Å². The maximum atomic E-state index is 11.9. The number of nitrogens with two attached hydrogens (primary N) is 1. The molecule has 3 N–H and O–H groups in total. The second-order valence-corrected chi connectivity index (χ2v) is 8.64. The van der Waals surface area contributed by atoms with Gasteiger partial charge in [-0.05, 0) is 48.0 Å². The number of nitrogens with zero attached hydrogens (tertiary/aromatic N) is 1. The first-order valence-corrected chi connectivity index (χ1v) is 10.7. The molecular weight excluding hydrogens is 442 g/mol. The van der Waals surface area contributed by atoms with E-state index >= 15 is 0 Å². The Hall–Kier alpha value is -2.68. The summed E-state index contributed by atoms with van der Waals surface area (Å²) in [7, 11) is -3.82. The summed E-state index contributed by atoms with van der Waals surface area (Å²) in [5.41, 5.74) is 2.85. The average molecular weight is 458 g/mol. The van der Waals surface area contributed by atoms with Crippen LogP contribution in [0.15, 0.2) is 76.1 Å². The van der Waals surface area contributed by atoms with Crippen molar-refractivity contribution in [2.75, 3.05) is 0 Å². The van der Waals surface area contributed by atoms with Crippen molar-refractivity contribution in [3.05, 3.63) is 77.0 Å². The Labute approximate surface area is 170 Å². The molecule has 0 spiro atoms. The Morgan fingerprint density at radius 2 is 1.79 bits per heavy atom. The van der Waals surface area contributed by atoms with Crippen molar-refractivity contribution in [1.82, 2.24) is 9.97 Å². The molecule has 0 atom stereocenters. The van der Waals surface area contributed by atoms with E-state index in [2.05, 4.69) is 25.9 Å². The Bertz CT molecular complexity index is 1250. The molecule has 0 bridgehead atoms. The third kappa shape index (κ3) is 3.94. The quantitative estimate of drug-likeness (QED) is 0.468. The minimum absolute atomic E-state index is 0.0904. The van der Waals surface area contributed by atoms with Crippen molar-refractivity contribution in [3.8, 4) is 16.9 Å². The van der Waals surface area contributed by atoms with Gasteiger partial charge in [0, 0.05) is 10.0 Å². The third-order valence-electron chi connectivity index (χ3n) is 4.22. The Morgan fingerprint density at radius 3 is 2.54 bits per heavy atom. The highest BCUT2D eigenvalue weighted by atomic mass is 79.9. The molecule has 0 aliphatic heterocycles. The average Bonchev–Trinajstić information content (AvgIpc) is 3.09. The van der Waals surface area contributed by atoms with E-state index in [-0.39, 0.29) is 4.90 Å². The van der Waals surface area contributed by atoms with Gasteiger partial charge in [-0.3, -0.25) is 0 Å². The van der Waals surface area contributed by atoms with Gasteiger partial charge in [-0.15, -0.1) is 0 Å². The smallest absolute Gasteiger partial charge is 0.238 e. The second-order valence-electron chi connectivity index (χ2n) is 6.20. The van der Waals surface area contributed by atoms with Gasteiger partial charge in [-0.2, -0.15) is 0 Å². The molecule has 142 valence electrons. The number of ether oxygens (including phenoxy) is 1. The molecule has 4 rings (SSSR count). The first kappa shape index (κ1) is 18.7. The van der Waals surface area contributed by atoms with Crippen LogP contribution in [0.25, 0.3) is 22.2 Å². The van der Waals surface area contributed by atoms with Crippen LogP contribution in [0.1, 0.15) is 5.82 Å². The maximum absolute atomic E-state index is 11.9. The molecule has 0 radical (unpaired) electrons. The highest BCUT2D eigenvalue weighted by Crippen LogP contribution is 2.29. The lowest BCUT2D eigenvalue weighted by Crippen LogP contribution is -2.13. The van der Waals surface area contributed by atoms with Crippen LogP contribution < -0.4 is 9.88 Å². The number of aromatic nitrogens is 2. The molecule has 0 fully saturated rings. The number of benzene rings is 3. The molecular formula is C20H16BrN3O3S. The molecule has 0 aliphatic carbocycles. The molecule has 28 heavy (non-hydrogen) atoms. The maximum Gasteiger partial charge on any atom is 0.238 e. The van der Waals surface area contributed by atoms with E-state index in [1.807, 2.05) is 42.5 Å². The highest BCUT2D eigenvalue weighted by molar-refractivity contribution is 9.10. The summed E-state index contributed by atoms with van der Waals surface area (Å²) < 4.78 is 30.5. The van der Waals surface area contributed by atoms with E-state index in [0.717, 1.165) is 26.8 Å². The molecule has 0 amide bonds. The lowest BCUT2D eigenvalue weighted by Gasteiger charge is -2.07. The number of hydrogen-bond donors (Lipinski definition) is 2. The summed E-state index contributed by atoms with van der Waals surface area (Å²) in [5, 5.41) is 5.35. The monoisotopic (exact) mass is 457 g/mol. The molecule has 1 aromatic heterocycles. The van der Waals surface area contributed by atoms with Crippen molar-refractivity contribution >= 4 is 37.0 Å². The predicted molar refractivity (Wildman–Crippen MR) is 111 cm³/mol. The summed E-state index contributed by atoms with van der Waals surface area (Å²) >= 11 is 3.39. The molecule has 3 aromatic carbocycles. The number of H-pyrrole nitrogens is 1. The number of nitrogens with one attached hydrogen (secondary N) is 1. The van der Waals surface area contributed by atoms with Crippen molar-refractivity contribution in [2.24, 2.45) is 5.14 Å². The van der Waals surface area contributed by atoms with E-state index < -0.39 is 10.0 Å². The van der Waals surface area contributed by atoms with Crippen LogP contribution in [0.4, 0.5) is 0 Å². The molecule has 4 aromatic rings. The number of hydrogen-bond acceptors (Lipinski definition) is 4. The lowest BCUT2D eigenvalue weighted by molar-refractivity contribution is 0.297. The van der Waals surface area contributed by atoms with Gasteiger partial charge >= 0.3 is 0 Å². The van der Waals surface area contributed by atoms with Crippen LogP contribution in [0.5, 0.6) is 5.75 Å². The zero-order chi connectivity index (χ0) is 19.7. The Balaban J connectivity index is 1.63. The normalized spacial score (nSPS) is 11.6.